The molecule has 0 fully saturated rings. The van der Waals surface area contributed by atoms with Crippen molar-refractivity contribution in [1.29, 1.82) is 0 Å². The summed E-state index contributed by atoms with van der Waals surface area (Å²) in [5, 5.41) is 0. The van der Waals surface area contributed by atoms with Crippen molar-refractivity contribution in [2.45, 2.75) is 239 Å². The van der Waals surface area contributed by atoms with Crippen molar-refractivity contribution in [2.24, 2.45) is 0 Å². The van der Waals surface area contributed by atoms with Crippen molar-refractivity contribution >= 4 is 17.9 Å². The minimum absolute atomic E-state index is 0.0943. The summed E-state index contributed by atoms with van der Waals surface area (Å²) in [4.78, 5) is 37.8. The normalized spacial score (nSPS) is 12.5. The van der Waals surface area contributed by atoms with Crippen molar-refractivity contribution in [2.75, 3.05) is 13.2 Å². The van der Waals surface area contributed by atoms with E-state index in [4.69, 9.17) is 14.2 Å². The number of unbranched alkanes of at least 4 members (excludes halogenated alkanes) is 22. The number of hydrogen-bond donors (Lipinski definition) is 0. The molecular weight excluding hydrogens is 721 g/mol. The van der Waals surface area contributed by atoms with E-state index in [0.717, 1.165) is 70.6 Å². The van der Waals surface area contributed by atoms with E-state index >= 15 is 0 Å². The van der Waals surface area contributed by atoms with E-state index in [2.05, 4.69) is 75.5 Å². The van der Waals surface area contributed by atoms with Crippen molar-refractivity contribution in [3.8, 4) is 0 Å². The van der Waals surface area contributed by atoms with Crippen LogP contribution in [-0.4, -0.2) is 37.2 Å². The molecule has 0 heterocycles. The fourth-order valence-electron chi connectivity index (χ4n) is 6.67. The molecule has 0 aromatic heterocycles. The highest BCUT2D eigenvalue weighted by molar-refractivity contribution is 5.71. The Hall–Kier alpha value is -2.89. The second-order valence-corrected chi connectivity index (χ2v) is 16.0. The first kappa shape index (κ1) is 55.1. The molecule has 58 heavy (non-hydrogen) atoms. The van der Waals surface area contributed by atoms with Crippen LogP contribution >= 0.6 is 0 Å². The van der Waals surface area contributed by atoms with Gasteiger partial charge in [0.05, 0.1) is 0 Å². The topological polar surface area (TPSA) is 78.9 Å². The van der Waals surface area contributed by atoms with Gasteiger partial charge in [-0.05, 0) is 51.4 Å². The Bertz CT molecular complexity index is 1070. The average molecular weight is 811 g/mol. The first-order valence-corrected chi connectivity index (χ1v) is 24.3. The number of carbonyl (C=O) groups is 3. The van der Waals surface area contributed by atoms with E-state index in [1.54, 1.807) is 0 Å². The third-order valence-corrected chi connectivity index (χ3v) is 10.3. The number of carbonyl (C=O) groups excluding carboxylic acids is 3. The van der Waals surface area contributed by atoms with Gasteiger partial charge in [0.15, 0.2) is 6.10 Å². The standard InChI is InChI=1S/C52H90O6/c1-4-7-10-13-16-19-21-23-25-27-28-30-33-36-39-42-45-51(54)57-48-49(47-56-50(53)44-41-38-35-32-18-15-12-9-6-3)58-52(55)46-43-40-37-34-31-29-26-24-22-20-17-14-11-8-5-2/h7,10,16,19,23,25,28,30,36,39,49H,4-6,8-9,11-15,17-18,20-22,24,26-27,29,31-35,37-38,40-48H2,1-3H3/b10-7-,19-16-,25-23-,30-28-,39-36-. The lowest BCUT2D eigenvalue weighted by atomic mass is 10.0. The second-order valence-electron chi connectivity index (χ2n) is 16.0. The van der Waals surface area contributed by atoms with Gasteiger partial charge in [-0.2, -0.15) is 0 Å². The summed E-state index contributed by atoms with van der Waals surface area (Å²) in [6, 6.07) is 0. The zero-order chi connectivity index (χ0) is 42.3. The van der Waals surface area contributed by atoms with Crippen molar-refractivity contribution in [1.82, 2.24) is 0 Å². The molecule has 0 saturated carbocycles. The molecule has 0 aliphatic heterocycles. The van der Waals surface area contributed by atoms with E-state index in [9.17, 15) is 14.4 Å². The highest BCUT2D eigenvalue weighted by Gasteiger charge is 2.19. The maximum Gasteiger partial charge on any atom is 0.306 e. The van der Waals surface area contributed by atoms with Gasteiger partial charge in [0.25, 0.3) is 0 Å². The molecule has 0 spiro atoms. The molecule has 0 aliphatic rings. The van der Waals surface area contributed by atoms with Gasteiger partial charge in [0.1, 0.15) is 13.2 Å². The van der Waals surface area contributed by atoms with E-state index in [1.807, 2.05) is 6.08 Å². The average Bonchev–Trinajstić information content (AvgIpc) is 3.22. The Labute approximate surface area is 358 Å². The fraction of sp³-hybridized carbons (Fsp3) is 0.750. The highest BCUT2D eigenvalue weighted by atomic mass is 16.6. The zero-order valence-corrected chi connectivity index (χ0v) is 38.0. The number of esters is 3. The Morgan fingerprint density at radius 3 is 1.05 bits per heavy atom. The van der Waals surface area contributed by atoms with Gasteiger partial charge in [0.2, 0.25) is 0 Å². The first-order valence-electron chi connectivity index (χ1n) is 24.3. The van der Waals surface area contributed by atoms with Gasteiger partial charge in [-0.25, -0.2) is 0 Å². The summed E-state index contributed by atoms with van der Waals surface area (Å²) in [5.41, 5.74) is 0. The number of allylic oxidation sites excluding steroid dienone is 10. The summed E-state index contributed by atoms with van der Waals surface area (Å²) in [6.45, 7) is 6.44. The van der Waals surface area contributed by atoms with E-state index in [0.29, 0.717) is 19.3 Å². The van der Waals surface area contributed by atoms with Crippen LogP contribution < -0.4 is 0 Å². The molecule has 6 heteroatoms. The Kier molecular flexibility index (Phi) is 44.5. The molecule has 0 aliphatic carbocycles. The van der Waals surface area contributed by atoms with Crippen molar-refractivity contribution < 1.29 is 28.6 Å². The van der Waals surface area contributed by atoms with Crippen LogP contribution in [0.25, 0.3) is 0 Å². The molecule has 0 saturated heterocycles. The number of ether oxygens (including phenoxy) is 3. The van der Waals surface area contributed by atoms with Gasteiger partial charge in [-0.3, -0.25) is 14.4 Å². The van der Waals surface area contributed by atoms with Gasteiger partial charge >= 0.3 is 17.9 Å². The summed E-state index contributed by atoms with van der Waals surface area (Å²) in [5.74, 6) is -0.981. The Balaban J connectivity index is 4.44. The summed E-state index contributed by atoms with van der Waals surface area (Å²) < 4.78 is 16.7. The van der Waals surface area contributed by atoms with Crippen LogP contribution in [0.4, 0.5) is 0 Å². The number of rotatable bonds is 43. The Morgan fingerprint density at radius 1 is 0.362 bits per heavy atom. The third kappa shape index (κ3) is 44.2. The van der Waals surface area contributed by atoms with E-state index in [1.165, 1.54) is 116 Å². The molecule has 0 rings (SSSR count). The molecule has 1 atom stereocenters. The molecule has 0 bridgehead atoms. The summed E-state index contributed by atoms with van der Waals surface area (Å²) in [6.07, 6.45) is 56.5. The first-order chi connectivity index (χ1) is 28.5. The predicted octanol–water partition coefficient (Wildman–Crippen LogP) is 15.7. The molecule has 0 aromatic rings. The minimum atomic E-state index is -0.798. The zero-order valence-electron chi connectivity index (χ0n) is 38.0. The van der Waals surface area contributed by atoms with Crippen LogP contribution in [-0.2, 0) is 28.6 Å². The largest absolute Gasteiger partial charge is 0.462 e. The molecular formula is C52H90O6. The monoisotopic (exact) mass is 811 g/mol. The maximum atomic E-state index is 12.7. The van der Waals surface area contributed by atoms with Gasteiger partial charge in [-0.15, -0.1) is 0 Å². The molecule has 6 nitrogen and oxygen atoms in total. The van der Waals surface area contributed by atoms with Crippen LogP contribution in [0.1, 0.15) is 233 Å². The molecule has 0 radical (unpaired) electrons. The maximum absolute atomic E-state index is 12.7. The van der Waals surface area contributed by atoms with Crippen LogP contribution in [0.3, 0.4) is 0 Å². The molecule has 0 N–H and O–H groups in total. The summed E-state index contributed by atoms with van der Waals surface area (Å²) in [7, 11) is 0. The molecule has 0 amide bonds. The van der Waals surface area contributed by atoms with E-state index in [-0.39, 0.29) is 37.5 Å². The predicted molar refractivity (Wildman–Crippen MR) is 247 cm³/mol. The molecule has 334 valence electrons. The van der Waals surface area contributed by atoms with Crippen molar-refractivity contribution in [3.63, 3.8) is 0 Å². The quantitative estimate of drug-likeness (QED) is 0.0264. The SMILES string of the molecule is CC/C=C\C/C=C\C/C=C\C/C=C\C/C=C\CCC(=O)OCC(COC(=O)CCCCCCCCCCC)OC(=O)CCCCCCCCCCCCCCCCC. The molecule has 0 aromatic carbocycles. The van der Waals surface area contributed by atoms with E-state index < -0.39 is 6.10 Å². The lowest BCUT2D eigenvalue weighted by Crippen LogP contribution is -2.30. The third-order valence-electron chi connectivity index (χ3n) is 10.3. The fourth-order valence-corrected chi connectivity index (χ4v) is 6.67. The van der Waals surface area contributed by atoms with Crippen LogP contribution in [0.5, 0.6) is 0 Å². The Morgan fingerprint density at radius 2 is 0.672 bits per heavy atom. The van der Waals surface area contributed by atoms with Crippen LogP contribution in [0.2, 0.25) is 0 Å². The van der Waals surface area contributed by atoms with Gasteiger partial charge in [0, 0.05) is 19.3 Å². The van der Waals surface area contributed by atoms with Gasteiger partial charge in [-0.1, -0.05) is 223 Å². The number of hydrogen-bond acceptors (Lipinski definition) is 6. The second kappa shape index (κ2) is 46.8. The minimum Gasteiger partial charge on any atom is -0.462 e. The lowest BCUT2D eigenvalue weighted by molar-refractivity contribution is -0.166. The highest BCUT2D eigenvalue weighted by Crippen LogP contribution is 2.15. The summed E-state index contributed by atoms with van der Waals surface area (Å²) >= 11 is 0. The van der Waals surface area contributed by atoms with Crippen LogP contribution in [0, 0.1) is 0 Å². The molecule has 1 unspecified atom stereocenters. The smallest absolute Gasteiger partial charge is 0.306 e. The lowest BCUT2D eigenvalue weighted by Gasteiger charge is -2.18. The van der Waals surface area contributed by atoms with Gasteiger partial charge < -0.3 is 14.2 Å². The van der Waals surface area contributed by atoms with Crippen LogP contribution in [0.15, 0.2) is 60.8 Å². The van der Waals surface area contributed by atoms with Crippen molar-refractivity contribution in [3.05, 3.63) is 60.8 Å².